The van der Waals surface area contributed by atoms with Gasteiger partial charge in [-0.25, -0.2) is 14.2 Å². The number of aromatic nitrogens is 2. The topological polar surface area (TPSA) is 87.5 Å². The average Bonchev–Trinajstić information content (AvgIpc) is 3.27. The second kappa shape index (κ2) is 8.58. The quantitative estimate of drug-likeness (QED) is 0.510. The van der Waals surface area contributed by atoms with Crippen LogP contribution in [0.5, 0.6) is 0 Å². The minimum atomic E-state index is -1.19. The second-order valence-electron chi connectivity index (χ2n) is 9.13. The van der Waals surface area contributed by atoms with Crippen LogP contribution in [-0.2, 0) is 16.1 Å². The molecule has 1 aromatic heterocycles. The Labute approximate surface area is 185 Å². The van der Waals surface area contributed by atoms with Gasteiger partial charge in [-0.1, -0.05) is 12.8 Å². The highest BCUT2D eigenvalue weighted by atomic mass is 32.2. The molecule has 2 N–H and O–H groups in total. The number of carboxylic acids is 1. The number of fused-ring (bicyclic) bond motifs is 2. The number of aliphatic carboxylic acids is 1. The number of thioether (sulfide) groups is 1. The van der Waals surface area contributed by atoms with Crippen molar-refractivity contribution >= 4 is 23.5 Å². The van der Waals surface area contributed by atoms with E-state index in [0.717, 1.165) is 38.6 Å². The van der Waals surface area contributed by atoms with Gasteiger partial charge in [0.25, 0.3) is 0 Å². The highest BCUT2D eigenvalue weighted by Crippen LogP contribution is 2.51. The summed E-state index contributed by atoms with van der Waals surface area (Å²) in [6.07, 6.45) is 11.2. The number of hydrogen-bond donors (Lipinski definition) is 2. The van der Waals surface area contributed by atoms with Gasteiger partial charge in [0, 0.05) is 47.6 Å². The third-order valence-corrected chi connectivity index (χ3v) is 9.13. The molecule has 5 rings (SSSR count). The van der Waals surface area contributed by atoms with Gasteiger partial charge in [-0.05, 0) is 32.2 Å². The standard InChI is InChI=1S/C22H29FN4O3S/c23-15-10-13-19-21(18(15)25-6-3-8-26-9-7-24-12-26)31-17-5-2-1-4-16(17)27(19)11-14(20(13)28)22(29)30/h7,9,11-13,15-19,21,25H,1-6,8,10H2,(H,29,30). The molecule has 4 aliphatic rings. The third kappa shape index (κ3) is 3.80. The summed E-state index contributed by atoms with van der Waals surface area (Å²) in [4.78, 5) is 30.9. The van der Waals surface area contributed by atoms with Crippen molar-refractivity contribution in [2.75, 3.05) is 6.54 Å². The van der Waals surface area contributed by atoms with Gasteiger partial charge < -0.3 is 19.9 Å². The van der Waals surface area contributed by atoms with Gasteiger partial charge in [0.15, 0.2) is 5.78 Å². The number of carbonyl (C=O) groups excluding carboxylic acids is 1. The zero-order valence-corrected chi connectivity index (χ0v) is 18.2. The number of nitrogens with one attached hydrogen (secondary N) is 1. The molecule has 2 saturated carbocycles. The van der Waals surface area contributed by atoms with E-state index in [9.17, 15) is 14.7 Å². The first-order valence-corrected chi connectivity index (χ1v) is 12.2. The first kappa shape index (κ1) is 21.0. The molecule has 9 heteroatoms. The maximum atomic E-state index is 15.4. The van der Waals surface area contributed by atoms with E-state index in [4.69, 9.17) is 0 Å². The summed E-state index contributed by atoms with van der Waals surface area (Å²) in [5.41, 5.74) is -0.171. The molecular weight excluding hydrogens is 419 g/mol. The number of aryl methyl sites for hydroxylation is 1. The molecular formula is C22H29FN4O3S. The molecule has 0 spiro atoms. The highest BCUT2D eigenvalue weighted by molar-refractivity contribution is 8.00. The molecule has 7 atom stereocenters. The Morgan fingerprint density at radius 3 is 2.97 bits per heavy atom. The summed E-state index contributed by atoms with van der Waals surface area (Å²) in [5, 5.41) is 13.4. The molecule has 7 unspecified atom stereocenters. The first-order valence-electron chi connectivity index (χ1n) is 11.3. The van der Waals surface area contributed by atoms with E-state index in [2.05, 4.69) is 15.2 Å². The molecule has 0 amide bonds. The van der Waals surface area contributed by atoms with E-state index in [0.29, 0.717) is 11.8 Å². The Kier molecular flexibility index (Phi) is 5.81. The minimum Gasteiger partial charge on any atom is -0.478 e. The summed E-state index contributed by atoms with van der Waals surface area (Å²) in [5.74, 6) is -2.16. The summed E-state index contributed by atoms with van der Waals surface area (Å²) in [7, 11) is 0. The summed E-state index contributed by atoms with van der Waals surface area (Å²) < 4.78 is 17.4. The van der Waals surface area contributed by atoms with Gasteiger partial charge in [-0.15, -0.1) is 11.8 Å². The Morgan fingerprint density at radius 2 is 2.19 bits per heavy atom. The van der Waals surface area contributed by atoms with Crippen molar-refractivity contribution in [1.29, 1.82) is 0 Å². The van der Waals surface area contributed by atoms with Gasteiger partial charge >= 0.3 is 5.97 Å². The number of carbonyl (C=O) groups is 2. The van der Waals surface area contributed by atoms with Crippen LogP contribution in [0.1, 0.15) is 38.5 Å². The molecule has 0 aromatic carbocycles. The van der Waals surface area contributed by atoms with Gasteiger partial charge in [0.1, 0.15) is 11.7 Å². The van der Waals surface area contributed by atoms with Crippen LogP contribution in [0.25, 0.3) is 0 Å². The predicted octanol–water partition coefficient (Wildman–Crippen LogP) is 2.24. The minimum absolute atomic E-state index is 0.0584. The number of alkyl halides is 1. The van der Waals surface area contributed by atoms with Crippen LogP contribution in [0.15, 0.2) is 30.5 Å². The van der Waals surface area contributed by atoms with Crippen LogP contribution < -0.4 is 5.32 Å². The van der Waals surface area contributed by atoms with Gasteiger partial charge in [0.2, 0.25) is 0 Å². The van der Waals surface area contributed by atoms with E-state index in [1.165, 1.54) is 0 Å². The van der Waals surface area contributed by atoms with E-state index < -0.39 is 23.8 Å². The van der Waals surface area contributed by atoms with Gasteiger partial charge in [-0.3, -0.25) is 4.79 Å². The second-order valence-corrected chi connectivity index (χ2v) is 10.6. The van der Waals surface area contributed by atoms with Crippen molar-refractivity contribution in [3.05, 3.63) is 30.5 Å². The Hall–Kier alpha value is -1.87. The summed E-state index contributed by atoms with van der Waals surface area (Å²) >= 11 is 1.85. The number of halogens is 1. The van der Waals surface area contributed by atoms with E-state index in [1.807, 2.05) is 22.5 Å². The lowest BCUT2D eigenvalue weighted by Crippen LogP contribution is -2.69. The fourth-order valence-corrected chi connectivity index (χ4v) is 8.02. The molecule has 7 nitrogen and oxygen atoms in total. The van der Waals surface area contributed by atoms with Crippen LogP contribution >= 0.6 is 11.8 Å². The van der Waals surface area contributed by atoms with E-state index >= 15 is 4.39 Å². The van der Waals surface area contributed by atoms with Crippen LogP contribution in [-0.4, -0.2) is 72.7 Å². The van der Waals surface area contributed by atoms with Crippen molar-refractivity contribution in [3.63, 3.8) is 0 Å². The smallest absolute Gasteiger partial charge is 0.340 e. The SMILES string of the molecule is O=C(O)C1=CN2C3CCCCC3SC3C(NCCCn4ccnc4)C(F)CC(C1=O)C32. The molecule has 31 heavy (non-hydrogen) atoms. The molecule has 1 saturated heterocycles. The van der Waals surface area contributed by atoms with Crippen LogP contribution in [0.4, 0.5) is 4.39 Å². The van der Waals surface area contributed by atoms with Crippen LogP contribution in [0.3, 0.4) is 0 Å². The van der Waals surface area contributed by atoms with Crippen molar-refractivity contribution in [2.45, 2.75) is 79.9 Å². The molecule has 2 aliphatic carbocycles. The predicted molar refractivity (Wildman–Crippen MR) is 115 cm³/mol. The highest BCUT2D eigenvalue weighted by Gasteiger charge is 2.57. The fraction of sp³-hybridized carbons (Fsp3) is 0.682. The number of hydrogen-bond acceptors (Lipinski definition) is 6. The number of nitrogens with zero attached hydrogens (tertiary/aromatic N) is 3. The van der Waals surface area contributed by atoms with Gasteiger partial charge in [-0.2, -0.15) is 0 Å². The maximum Gasteiger partial charge on any atom is 0.340 e. The van der Waals surface area contributed by atoms with E-state index in [1.54, 1.807) is 18.7 Å². The number of imidazole rings is 1. The molecule has 168 valence electrons. The number of ketones is 1. The zero-order chi connectivity index (χ0) is 21.5. The lowest BCUT2D eigenvalue weighted by molar-refractivity contribution is -0.138. The lowest BCUT2D eigenvalue weighted by Gasteiger charge is -2.59. The maximum absolute atomic E-state index is 15.4. The van der Waals surface area contributed by atoms with Crippen molar-refractivity contribution in [3.8, 4) is 0 Å². The summed E-state index contributed by atoms with van der Waals surface area (Å²) in [6, 6.07) is -0.215. The van der Waals surface area contributed by atoms with Crippen LogP contribution in [0.2, 0.25) is 0 Å². The molecule has 0 radical (unpaired) electrons. The van der Waals surface area contributed by atoms with Crippen molar-refractivity contribution in [2.24, 2.45) is 5.92 Å². The first-order chi connectivity index (χ1) is 15.0. The Balaban J connectivity index is 1.37. The number of Topliss-reactive ketones (excluding diaryl/α,β-unsaturated/α-hetero) is 1. The van der Waals surface area contributed by atoms with Gasteiger partial charge in [0.05, 0.1) is 18.4 Å². The number of rotatable bonds is 6. The lowest BCUT2D eigenvalue weighted by atomic mass is 9.72. The summed E-state index contributed by atoms with van der Waals surface area (Å²) in [6.45, 7) is 1.51. The third-order valence-electron chi connectivity index (χ3n) is 7.34. The fourth-order valence-electron chi connectivity index (χ4n) is 5.93. The van der Waals surface area contributed by atoms with E-state index in [-0.39, 0.29) is 35.4 Å². The Morgan fingerprint density at radius 1 is 1.35 bits per heavy atom. The monoisotopic (exact) mass is 448 g/mol. The molecule has 0 bridgehead atoms. The molecule has 2 aliphatic heterocycles. The van der Waals surface area contributed by atoms with Crippen molar-refractivity contribution < 1.29 is 19.1 Å². The largest absolute Gasteiger partial charge is 0.478 e. The number of carboxylic acid groups (broad SMARTS) is 1. The normalized spacial score (nSPS) is 37.1. The average molecular weight is 449 g/mol. The molecule has 1 aromatic rings. The Bertz CT molecular complexity index is 863. The zero-order valence-electron chi connectivity index (χ0n) is 17.4. The van der Waals surface area contributed by atoms with Crippen LogP contribution in [0, 0.1) is 5.92 Å². The molecule has 3 fully saturated rings. The van der Waals surface area contributed by atoms with Crippen molar-refractivity contribution in [1.82, 2.24) is 19.8 Å². The molecule has 3 heterocycles.